The van der Waals surface area contributed by atoms with E-state index < -0.39 is 16.1 Å². The van der Waals surface area contributed by atoms with Crippen molar-refractivity contribution in [3.05, 3.63) is 54.1 Å². The fraction of sp³-hybridized carbons (Fsp3) is 0.381. The molecular weight excluding hydrogens is 376 g/mol. The summed E-state index contributed by atoms with van der Waals surface area (Å²) in [4.78, 5) is 15.3. The van der Waals surface area contributed by atoms with E-state index in [4.69, 9.17) is 4.74 Å². The van der Waals surface area contributed by atoms with E-state index in [-0.39, 0.29) is 10.8 Å². The van der Waals surface area contributed by atoms with Gasteiger partial charge in [0.25, 0.3) is 0 Å². The Labute approximate surface area is 165 Å². The van der Waals surface area contributed by atoms with Crippen molar-refractivity contribution in [2.45, 2.75) is 36.6 Å². The quantitative estimate of drug-likeness (QED) is 0.792. The molecule has 2 aliphatic rings. The number of methoxy groups -OCH3 is 1. The largest absolute Gasteiger partial charge is 0.497 e. The van der Waals surface area contributed by atoms with E-state index in [0.717, 1.165) is 24.1 Å². The highest BCUT2D eigenvalue weighted by molar-refractivity contribution is 7.89. The molecule has 0 radical (unpaired) electrons. The summed E-state index contributed by atoms with van der Waals surface area (Å²) in [7, 11) is -2.21. The van der Waals surface area contributed by atoms with E-state index in [1.807, 2.05) is 24.3 Å². The van der Waals surface area contributed by atoms with Crippen LogP contribution in [-0.2, 0) is 21.2 Å². The van der Waals surface area contributed by atoms with Gasteiger partial charge in [0, 0.05) is 18.8 Å². The molecule has 0 aliphatic carbocycles. The molecule has 28 heavy (non-hydrogen) atoms. The molecule has 0 spiro atoms. The number of ether oxygens (including phenoxy) is 1. The minimum atomic E-state index is -3.74. The molecule has 4 rings (SSSR count). The number of sulfonamides is 1. The van der Waals surface area contributed by atoms with Gasteiger partial charge in [-0.3, -0.25) is 4.79 Å². The number of benzene rings is 2. The first kappa shape index (κ1) is 19.0. The highest BCUT2D eigenvalue weighted by Crippen LogP contribution is 2.32. The van der Waals surface area contributed by atoms with Gasteiger partial charge in [-0.1, -0.05) is 18.2 Å². The summed E-state index contributed by atoms with van der Waals surface area (Å²) in [6, 6.07) is 13.5. The van der Waals surface area contributed by atoms with Gasteiger partial charge in [-0.25, -0.2) is 8.42 Å². The molecule has 0 N–H and O–H groups in total. The Hall–Kier alpha value is -2.38. The fourth-order valence-corrected chi connectivity index (χ4v) is 5.75. The van der Waals surface area contributed by atoms with Crippen LogP contribution in [0, 0.1) is 0 Å². The summed E-state index contributed by atoms with van der Waals surface area (Å²) >= 11 is 0. The van der Waals surface area contributed by atoms with Gasteiger partial charge >= 0.3 is 0 Å². The molecule has 6 nitrogen and oxygen atoms in total. The lowest BCUT2D eigenvalue weighted by atomic mass is 10.0. The first-order valence-corrected chi connectivity index (χ1v) is 11.0. The molecule has 0 bridgehead atoms. The second-order valence-corrected chi connectivity index (χ2v) is 9.06. The van der Waals surface area contributed by atoms with E-state index in [0.29, 0.717) is 31.7 Å². The molecule has 2 heterocycles. The van der Waals surface area contributed by atoms with Crippen molar-refractivity contribution in [2.24, 2.45) is 0 Å². The second-order valence-electron chi connectivity index (χ2n) is 7.17. The van der Waals surface area contributed by atoms with E-state index in [1.165, 1.54) is 23.5 Å². The average Bonchev–Trinajstić information content (AvgIpc) is 3.24. The Morgan fingerprint density at radius 2 is 1.79 bits per heavy atom. The number of para-hydroxylation sites is 1. The minimum absolute atomic E-state index is 0.123. The predicted molar refractivity (Wildman–Crippen MR) is 107 cm³/mol. The molecule has 7 heteroatoms. The zero-order chi connectivity index (χ0) is 19.7. The van der Waals surface area contributed by atoms with Gasteiger partial charge in [-0.15, -0.1) is 0 Å². The topological polar surface area (TPSA) is 66.9 Å². The van der Waals surface area contributed by atoms with E-state index in [1.54, 1.807) is 17.0 Å². The van der Waals surface area contributed by atoms with Crippen LogP contribution in [0.25, 0.3) is 0 Å². The van der Waals surface area contributed by atoms with Crippen molar-refractivity contribution >= 4 is 21.6 Å². The predicted octanol–water partition coefficient (Wildman–Crippen LogP) is 2.83. The maximum Gasteiger partial charge on any atom is 0.245 e. The Morgan fingerprint density at radius 3 is 2.54 bits per heavy atom. The third-order valence-corrected chi connectivity index (χ3v) is 7.45. The number of rotatable bonds is 4. The first-order valence-electron chi connectivity index (χ1n) is 9.57. The number of anilines is 1. The zero-order valence-corrected chi connectivity index (χ0v) is 16.7. The number of aryl methyl sites for hydroxylation is 1. The summed E-state index contributed by atoms with van der Waals surface area (Å²) in [6.07, 6.45) is 3.06. The maximum atomic E-state index is 13.4. The minimum Gasteiger partial charge on any atom is -0.497 e. The molecule has 0 aromatic heterocycles. The van der Waals surface area contributed by atoms with Crippen LogP contribution in [0.2, 0.25) is 0 Å². The van der Waals surface area contributed by atoms with Crippen molar-refractivity contribution < 1.29 is 17.9 Å². The Bertz CT molecular complexity index is 972. The van der Waals surface area contributed by atoms with Gasteiger partial charge in [0.2, 0.25) is 15.9 Å². The van der Waals surface area contributed by atoms with Crippen molar-refractivity contribution in [3.8, 4) is 5.75 Å². The molecule has 1 atom stereocenters. The van der Waals surface area contributed by atoms with Crippen LogP contribution >= 0.6 is 0 Å². The third kappa shape index (κ3) is 3.29. The van der Waals surface area contributed by atoms with Crippen LogP contribution < -0.4 is 9.64 Å². The monoisotopic (exact) mass is 400 g/mol. The molecule has 2 aromatic carbocycles. The number of fused-ring (bicyclic) bond motifs is 1. The molecule has 1 saturated heterocycles. The van der Waals surface area contributed by atoms with Gasteiger partial charge in [0.1, 0.15) is 11.8 Å². The average molecular weight is 401 g/mol. The molecule has 148 valence electrons. The Kier molecular flexibility index (Phi) is 5.12. The Balaban J connectivity index is 1.62. The number of amides is 1. The van der Waals surface area contributed by atoms with Gasteiger partial charge in [0.15, 0.2) is 0 Å². The molecule has 2 aliphatic heterocycles. The van der Waals surface area contributed by atoms with E-state index >= 15 is 0 Å². The molecule has 0 saturated carbocycles. The van der Waals surface area contributed by atoms with Crippen molar-refractivity contribution in [1.29, 1.82) is 0 Å². The van der Waals surface area contributed by atoms with Crippen LogP contribution in [0.5, 0.6) is 5.75 Å². The molecule has 1 unspecified atom stereocenters. The molecular formula is C21H24N2O4S. The molecule has 1 amide bonds. The van der Waals surface area contributed by atoms with Crippen LogP contribution in [0.15, 0.2) is 53.4 Å². The lowest BCUT2D eigenvalue weighted by Gasteiger charge is -2.33. The summed E-state index contributed by atoms with van der Waals surface area (Å²) in [5.41, 5.74) is 2.05. The first-order chi connectivity index (χ1) is 13.5. The lowest BCUT2D eigenvalue weighted by molar-refractivity contribution is -0.121. The van der Waals surface area contributed by atoms with E-state index in [9.17, 15) is 13.2 Å². The molecule has 2 aromatic rings. The highest BCUT2D eigenvalue weighted by atomic mass is 32.2. The number of carbonyl (C=O) groups is 1. The lowest BCUT2D eigenvalue weighted by Crippen LogP contribution is -2.49. The van der Waals surface area contributed by atoms with Crippen molar-refractivity contribution in [2.75, 3.05) is 25.1 Å². The van der Waals surface area contributed by atoms with Gasteiger partial charge in [-0.05, 0) is 61.6 Å². The van der Waals surface area contributed by atoms with Gasteiger partial charge < -0.3 is 9.64 Å². The number of hydrogen-bond donors (Lipinski definition) is 0. The highest BCUT2D eigenvalue weighted by Gasteiger charge is 2.42. The summed E-state index contributed by atoms with van der Waals surface area (Å²) in [5, 5.41) is 0. The van der Waals surface area contributed by atoms with Crippen LogP contribution in [0.4, 0.5) is 5.69 Å². The molecule has 1 fully saturated rings. The van der Waals surface area contributed by atoms with Gasteiger partial charge in [-0.2, -0.15) is 4.31 Å². The number of hydrogen-bond acceptors (Lipinski definition) is 4. The Morgan fingerprint density at radius 1 is 1.04 bits per heavy atom. The summed E-state index contributed by atoms with van der Waals surface area (Å²) < 4.78 is 32.9. The van der Waals surface area contributed by atoms with Crippen molar-refractivity contribution in [3.63, 3.8) is 0 Å². The number of carbonyl (C=O) groups excluding carboxylic acids is 1. The summed E-state index contributed by atoms with van der Waals surface area (Å²) in [5.74, 6) is 0.472. The SMILES string of the molecule is COc1ccc(S(=O)(=O)N2CCCC2C(=O)N2CCCc3ccccc32)cc1. The van der Waals surface area contributed by atoms with Crippen LogP contribution in [0.1, 0.15) is 24.8 Å². The number of nitrogens with zero attached hydrogens (tertiary/aromatic N) is 2. The second kappa shape index (κ2) is 7.56. The van der Waals surface area contributed by atoms with E-state index in [2.05, 4.69) is 0 Å². The normalized spacial score (nSPS) is 20.0. The summed E-state index contributed by atoms with van der Waals surface area (Å²) in [6.45, 7) is 0.989. The van der Waals surface area contributed by atoms with Crippen LogP contribution in [-0.4, -0.2) is 44.9 Å². The van der Waals surface area contributed by atoms with Gasteiger partial charge in [0.05, 0.1) is 12.0 Å². The van der Waals surface area contributed by atoms with Crippen LogP contribution in [0.3, 0.4) is 0 Å². The third-order valence-electron chi connectivity index (χ3n) is 5.53. The smallest absolute Gasteiger partial charge is 0.245 e. The maximum absolute atomic E-state index is 13.4. The fourth-order valence-electron chi connectivity index (χ4n) is 4.10. The standard InChI is InChI=1S/C21H24N2O4S/c1-27-17-10-12-18(13-11-17)28(25,26)23-15-5-9-20(23)21(24)22-14-4-7-16-6-2-3-8-19(16)22/h2-3,6,8,10-13,20H,4-5,7,9,14-15H2,1H3. The zero-order valence-electron chi connectivity index (χ0n) is 15.9. The van der Waals surface area contributed by atoms with Crippen molar-refractivity contribution in [1.82, 2.24) is 4.31 Å².